The molecule has 0 aliphatic carbocycles. The lowest BCUT2D eigenvalue weighted by Crippen LogP contribution is -2.28. The Kier molecular flexibility index (Phi) is 4.83. The largest absolute Gasteiger partial charge is 0.384 e. The van der Waals surface area contributed by atoms with Crippen molar-refractivity contribution in [3.05, 3.63) is 28.7 Å². The quantitative estimate of drug-likeness (QED) is 0.904. The van der Waals surface area contributed by atoms with Crippen molar-refractivity contribution in [1.29, 1.82) is 0 Å². The minimum atomic E-state index is 0.433. The zero-order chi connectivity index (χ0) is 12.1. The summed E-state index contributed by atoms with van der Waals surface area (Å²) >= 11 is 3.43. The van der Waals surface area contributed by atoms with Gasteiger partial charge in [0.1, 0.15) is 0 Å². The first-order valence-corrected chi connectivity index (χ1v) is 6.82. The molecule has 0 radical (unpaired) electrons. The average molecular weight is 299 g/mol. The third-order valence-electron chi connectivity index (χ3n) is 3.16. The Morgan fingerprint density at radius 2 is 2.18 bits per heavy atom. The Morgan fingerprint density at radius 3 is 2.82 bits per heavy atom. The minimum absolute atomic E-state index is 0.433. The highest BCUT2D eigenvalue weighted by molar-refractivity contribution is 9.10. The molecule has 2 rings (SSSR count). The number of anilines is 1. The summed E-state index contributed by atoms with van der Waals surface area (Å²) in [7, 11) is 1.80. The number of nitrogens with one attached hydrogen (secondary N) is 1. The molecule has 1 aromatic carbocycles. The second-order valence-corrected chi connectivity index (χ2v) is 5.30. The third kappa shape index (κ3) is 3.98. The molecule has 4 heteroatoms. The van der Waals surface area contributed by atoms with Crippen LogP contribution >= 0.6 is 15.9 Å². The maximum Gasteiger partial charge on any atom is 0.0710 e. The lowest BCUT2D eigenvalue weighted by Gasteiger charge is -2.16. The topological polar surface area (TPSA) is 24.5 Å². The fraction of sp³-hybridized carbons (Fsp3) is 0.538. The van der Waals surface area contributed by atoms with Crippen LogP contribution in [0.5, 0.6) is 0 Å². The molecule has 0 amide bonds. The lowest BCUT2D eigenvalue weighted by atomic mass is 10.3. The van der Waals surface area contributed by atoms with Crippen molar-refractivity contribution in [3.8, 4) is 0 Å². The lowest BCUT2D eigenvalue weighted by molar-refractivity contribution is 0.108. The maximum absolute atomic E-state index is 5.35. The van der Waals surface area contributed by atoms with Crippen LogP contribution in [0.3, 0.4) is 0 Å². The Balaban J connectivity index is 1.68. The van der Waals surface area contributed by atoms with Crippen LogP contribution in [0, 0.1) is 0 Å². The fourth-order valence-corrected chi connectivity index (χ4v) is 2.38. The number of likely N-dealkylation sites (tertiary alicyclic amines) is 1. The average Bonchev–Trinajstić information content (AvgIpc) is 2.80. The van der Waals surface area contributed by atoms with Crippen molar-refractivity contribution in [3.63, 3.8) is 0 Å². The van der Waals surface area contributed by atoms with E-state index in [0.29, 0.717) is 6.10 Å². The number of halogens is 1. The molecule has 3 nitrogen and oxygen atoms in total. The van der Waals surface area contributed by atoms with Gasteiger partial charge in [0.2, 0.25) is 0 Å². The van der Waals surface area contributed by atoms with Gasteiger partial charge in [0.15, 0.2) is 0 Å². The van der Waals surface area contributed by atoms with Gasteiger partial charge in [-0.05, 0) is 30.7 Å². The molecule has 0 saturated carbocycles. The Hall–Kier alpha value is -0.580. The van der Waals surface area contributed by atoms with Crippen molar-refractivity contribution in [2.24, 2.45) is 0 Å². The predicted octanol–water partition coefficient (Wildman–Crippen LogP) is 2.58. The molecule has 1 aromatic rings. The van der Waals surface area contributed by atoms with E-state index >= 15 is 0 Å². The van der Waals surface area contributed by atoms with E-state index in [1.54, 1.807) is 7.11 Å². The van der Waals surface area contributed by atoms with Crippen LogP contribution in [-0.4, -0.2) is 44.3 Å². The van der Waals surface area contributed by atoms with Gasteiger partial charge in [-0.15, -0.1) is 0 Å². The molecular weight excluding hydrogens is 280 g/mol. The van der Waals surface area contributed by atoms with Crippen LogP contribution < -0.4 is 5.32 Å². The second-order valence-electron chi connectivity index (χ2n) is 4.38. The molecule has 1 aliphatic rings. The van der Waals surface area contributed by atoms with Crippen molar-refractivity contribution in [2.75, 3.05) is 38.6 Å². The van der Waals surface area contributed by atoms with Gasteiger partial charge in [-0.1, -0.05) is 15.9 Å². The van der Waals surface area contributed by atoms with Crippen molar-refractivity contribution in [2.45, 2.75) is 12.5 Å². The van der Waals surface area contributed by atoms with Gasteiger partial charge in [-0.25, -0.2) is 0 Å². The van der Waals surface area contributed by atoms with E-state index < -0.39 is 0 Å². The number of hydrogen-bond donors (Lipinski definition) is 1. The Labute approximate surface area is 111 Å². The molecule has 17 heavy (non-hydrogen) atoms. The number of hydrogen-bond acceptors (Lipinski definition) is 3. The van der Waals surface area contributed by atoms with Crippen molar-refractivity contribution < 1.29 is 4.74 Å². The minimum Gasteiger partial charge on any atom is -0.384 e. The van der Waals surface area contributed by atoms with E-state index in [1.165, 1.54) is 5.69 Å². The van der Waals surface area contributed by atoms with Gasteiger partial charge in [0.05, 0.1) is 6.10 Å². The van der Waals surface area contributed by atoms with E-state index in [1.807, 2.05) is 0 Å². The summed E-state index contributed by atoms with van der Waals surface area (Å²) in [5.74, 6) is 0. The second kappa shape index (κ2) is 6.38. The zero-order valence-electron chi connectivity index (χ0n) is 10.2. The first-order valence-electron chi connectivity index (χ1n) is 6.02. The maximum atomic E-state index is 5.35. The number of benzene rings is 1. The van der Waals surface area contributed by atoms with Gasteiger partial charge in [0, 0.05) is 43.4 Å². The van der Waals surface area contributed by atoms with Gasteiger partial charge in [0.25, 0.3) is 0 Å². The molecule has 1 fully saturated rings. The molecule has 0 bridgehead atoms. The highest BCUT2D eigenvalue weighted by atomic mass is 79.9. The summed E-state index contributed by atoms with van der Waals surface area (Å²) in [6.45, 7) is 4.28. The highest BCUT2D eigenvalue weighted by Gasteiger charge is 2.20. The number of ether oxygens (including phenoxy) is 1. The molecular formula is C13H19BrN2O. The molecule has 94 valence electrons. The number of rotatable bonds is 5. The predicted molar refractivity (Wildman–Crippen MR) is 74.5 cm³/mol. The number of methoxy groups -OCH3 is 1. The van der Waals surface area contributed by atoms with Crippen LogP contribution in [0.1, 0.15) is 6.42 Å². The van der Waals surface area contributed by atoms with E-state index in [0.717, 1.165) is 37.1 Å². The smallest absolute Gasteiger partial charge is 0.0710 e. The van der Waals surface area contributed by atoms with Gasteiger partial charge < -0.3 is 10.1 Å². The molecule has 1 N–H and O–H groups in total. The summed E-state index contributed by atoms with van der Waals surface area (Å²) < 4.78 is 6.47. The first kappa shape index (κ1) is 12.9. The first-order chi connectivity index (χ1) is 8.28. The molecule has 1 unspecified atom stereocenters. The van der Waals surface area contributed by atoms with E-state index in [4.69, 9.17) is 4.74 Å². The van der Waals surface area contributed by atoms with E-state index in [-0.39, 0.29) is 0 Å². The van der Waals surface area contributed by atoms with E-state index in [2.05, 4.69) is 50.4 Å². The summed E-state index contributed by atoms with van der Waals surface area (Å²) in [6.07, 6.45) is 1.59. The van der Waals surface area contributed by atoms with E-state index in [9.17, 15) is 0 Å². The van der Waals surface area contributed by atoms with Crippen LogP contribution in [0.4, 0.5) is 5.69 Å². The van der Waals surface area contributed by atoms with Crippen molar-refractivity contribution in [1.82, 2.24) is 4.90 Å². The van der Waals surface area contributed by atoms with Crippen LogP contribution in [0.25, 0.3) is 0 Å². The normalized spacial score (nSPS) is 20.7. The summed E-state index contributed by atoms with van der Waals surface area (Å²) in [5, 5.41) is 3.43. The van der Waals surface area contributed by atoms with Crippen LogP contribution in [-0.2, 0) is 4.74 Å². The molecule has 1 heterocycles. The summed E-state index contributed by atoms with van der Waals surface area (Å²) in [6, 6.07) is 8.29. The molecule has 1 atom stereocenters. The Morgan fingerprint density at radius 1 is 1.41 bits per heavy atom. The van der Waals surface area contributed by atoms with Gasteiger partial charge in [-0.3, -0.25) is 4.90 Å². The zero-order valence-corrected chi connectivity index (χ0v) is 11.7. The van der Waals surface area contributed by atoms with Crippen LogP contribution in [0.2, 0.25) is 0 Å². The van der Waals surface area contributed by atoms with Gasteiger partial charge >= 0.3 is 0 Å². The Bertz CT molecular complexity index is 342. The molecule has 1 aliphatic heterocycles. The summed E-state index contributed by atoms with van der Waals surface area (Å²) in [5.41, 5.74) is 1.18. The van der Waals surface area contributed by atoms with Gasteiger partial charge in [-0.2, -0.15) is 0 Å². The fourth-order valence-electron chi connectivity index (χ4n) is 2.12. The molecule has 0 spiro atoms. The highest BCUT2D eigenvalue weighted by Crippen LogP contribution is 2.14. The van der Waals surface area contributed by atoms with Crippen LogP contribution in [0.15, 0.2) is 28.7 Å². The standard InChI is InChI=1S/C13H19BrN2O/c1-17-13-6-8-16(10-13)9-7-15-12-4-2-11(14)3-5-12/h2-5,13,15H,6-10H2,1H3. The summed E-state index contributed by atoms with van der Waals surface area (Å²) in [4.78, 5) is 2.44. The number of nitrogens with zero attached hydrogens (tertiary/aromatic N) is 1. The monoisotopic (exact) mass is 298 g/mol. The SMILES string of the molecule is COC1CCN(CCNc2ccc(Br)cc2)C1. The molecule has 1 saturated heterocycles. The molecule has 0 aromatic heterocycles. The van der Waals surface area contributed by atoms with Crippen molar-refractivity contribution >= 4 is 21.6 Å². The third-order valence-corrected chi connectivity index (χ3v) is 3.69.